The van der Waals surface area contributed by atoms with Crippen LogP contribution in [0.4, 0.5) is 8.78 Å². The van der Waals surface area contributed by atoms with Crippen LogP contribution in [-0.2, 0) is 6.54 Å². The summed E-state index contributed by atoms with van der Waals surface area (Å²) in [5, 5.41) is 8.67. The number of alkyl halides is 2. The van der Waals surface area contributed by atoms with E-state index in [0.717, 1.165) is 0 Å². The third-order valence-electron chi connectivity index (χ3n) is 1.60. The number of nitriles is 1. The van der Waals surface area contributed by atoms with Gasteiger partial charge < -0.3 is 5.73 Å². The van der Waals surface area contributed by atoms with Crippen molar-refractivity contribution in [3.8, 4) is 6.07 Å². The van der Waals surface area contributed by atoms with Gasteiger partial charge in [-0.25, -0.2) is 13.8 Å². The molecular formula is C8H6F2IN3. The van der Waals surface area contributed by atoms with Crippen molar-refractivity contribution >= 4 is 22.6 Å². The summed E-state index contributed by atoms with van der Waals surface area (Å²) in [4.78, 5) is 3.66. The van der Waals surface area contributed by atoms with E-state index in [4.69, 9.17) is 11.0 Å². The predicted molar refractivity (Wildman–Crippen MR) is 54.5 cm³/mol. The largest absolute Gasteiger partial charge is 0.325 e. The van der Waals surface area contributed by atoms with Gasteiger partial charge in [-0.2, -0.15) is 5.26 Å². The summed E-state index contributed by atoms with van der Waals surface area (Å²) >= 11 is 1.72. The fourth-order valence-corrected chi connectivity index (χ4v) is 1.62. The third kappa shape index (κ3) is 2.16. The Morgan fingerprint density at radius 2 is 2.29 bits per heavy atom. The van der Waals surface area contributed by atoms with Crippen LogP contribution in [0, 0.1) is 14.9 Å². The predicted octanol–water partition coefficient (Wildman–Crippen LogP) is 1.95. The molecule has 0 aliphatic rings. The number of hydrogen-bond donors (Lipinski definition) is 1. The van der Waals surface area contributed by atoms with Gasteiger partial charge in [0.1, 0.15) is 11.8 Å². The van der Waals surface area contributed by atoms with Crippen LogP contribution in [0.3, 0.4) is 0 Å². The number of nitrogens with two attached hydrogens (primary N) is 1. The van der Waals surface area contributed by atoms with Crippen molar-refractivity contribution in [2.45, 2.75) is 13.0 Å². The maximum Gasteiger partial charge on any atom is 0.281 e. The van der Waals surface area contributed by atoms with Crippen molar-refractivity contribution in [2.75, 3.05) is 0 Å². The molecule has 0 bridgehead atoms. The van der Waals surface area contributed by atoms with Crippen molar-refractivity contribution < 1.29 is 8.78 Å². The van der Waals surface area contributed by atoms with Crippen LogP contribution in [0.5, 0.6) is 0 Å². The van der Waals surface area contributed by atoms with Crippen molar-refractivity contribution in [3.63, 3.8) is 0 Å². The zero-order chi connectivity index (χ0) is 10.7. The van der Waals surface area contributed by atoms with E-state index in [-0.39, 0.29) is 27.1 Å². The van der Waals surface area contributed by atoms with E-state index in [9.17, 15) is 8.78 Å². The van der Waals surface area contributed by atoms with E-state index in [1.165, 1.54) is 6.07 Å². The lowest BCUT2D eigenvalue weighted by molar-refractivity contribution is 0.144. The Balaban J connectivity index is 3.32. The molecule has 0 aliphatic carbocycles. The van der Waals surface area contributed by atoms with Crippen LogP contribution < -0.4 is 5.73 Å². The number of rotatable bonds is 2. The summed E-state index contributed by atoms with van der Waals surface area (Å²) in [5.41, 5.74) is 5.43. The van der Waals surface area contributed by atoms with Crippen molar-refractivity contribution in [1.82, 2.24) is 4.98 Å². The Bertz CT molecular complexity index is 386. The highest BCUT2D eigenvalue weighted by Crippen LogP contribution is 2.24. The van der Waals surface area contributed by atoms with Gasteiger partial charge in [0.25, 0.3) is 6.43 Å². The molecule has 0 radical (unpaired) electrons. The summed E-state index contributed by atoms with van der Waals surface area (Å²) in [5.74, 6) is 0. The highest BCUT2D eigenvalue weighted by atomic mass is 127. The first-order chi connectivity index (χ1) is 6.60. The molecule has 1 rings (SSSR count). The molecule has 0 aliphatic heterocycles. The van der Waals surface area contributed by atoms with Gasteiger partial charge in [-0.3, -0.25) is 0 Å². The first-order valence-corrected chi connectivity index (χ1v) is 4.75. The van der Waals surface area contributed by atoms with Gasteiger partial charge in [0.15, 0.2) is 0 Å². The molecular weight excluding hydrogens is 303 g/mol. The summed E-state index contributed by atoms with van der Waals surface area (Å²) in [7, 11) is 0. The second-order valence-electron chi connectivity index (χ2n) is 2.47. The molecule has 6 heteroatoms. The minimum Gasteiger partial charge on any atom is -0.325 e. The monoisotopic (exact) mass is 309 g/mol. The van der Waals surface area contributed by atoms with Gasteiger partial charge in [0.05, 0.1) is 11.3 Å². The van der Waals surface area contributed by atoms with E-state index >= 15 is 0 Å². The topological polar surface area (TPSA) is 62.7 Å². The highest BCUT2D eigenvalue weighted by Gasteiger charge is 2.16. The summed E-state index contributed by atoms with van der Waals surface area (Å²) in [6.45, 7) is -0.0144. The SMILES string of the molecule is N#Cc1cc(I)c(C(F)F)nc1CN. The van der Waals surface area contributed by atoms with Gasteiger partial charge in [-0.1, -0.05) is 0 Å². The first kappa shape index (κ1) is 11.3. The molecule has 0 saturated heterocycles. The van der Waals surface area contributed by atoms with Crippen LogP contribution in [0.2, 0.25) is 0 Å². The second-order valence-corrected chi connectivity index (χ2v) is 3.63. The fraction of sp³-hybridized carbons (Fsp3) is 0.250. The van der Waals surface area contributed by atoms with E-state index in [1.807, 2.05) is 6.07 Å². The first-order valence-electron chi connectivity index (χ1n) is 3.67. The maximum atomic E-state index is 12.4. The standard InChI is InChI=1S/C8H6F2IN3/c9-8(10)7-5(11)1-4(2-12)6(3-13)14-7/h1,8H,3,13H2. The van der Waals surface area contributed by atoms with Gasteiger partial charge in [-0.15, -0.1) is 0 Å². The lowest BCUT2D eigenvalue weighted by Gasteiger charge is -2.06. The normalized spacial score (nSPS) is 10.3. The van der Waals surface area contributed by atoms with E-state index in [2.05, 4.69) is 4.98 Å². The average Bonchev–Trinajstić information content (AvgIpc) is 2.16. The van der Waals surface area contributed by atoms with Crippen LogP contribution in [0.15, 0.2) is 6.07 Å². The highest BCUT2D eigenvalue weighted by molar-refractivity contribution is 14.1. The molecule has 3 nitrogen and oxygen atoms in total. The van der Waals surface area contributed by atoms with Crippen LogP contribution >= 0.6 is 22.6 Å². The maximum absolute atomic E-state index is 12.4. The Kier molecular flexibility index (Phi) is 3.71. The minimum atomic E-state index is -2.64. The third-order valence-corrected chi connectivity index (χ3v) is 2.47. The van der Waals surface area contributed by atoms with Crippen molar-refractivity contribution in [2.24, 2.45) is 5.73 Å². The fourth-order valence-electron chi connectivity index (χ4n) is 0.948. The molecule has 0 saturated carbocycles. The molecule has 1 aromatic heterocycles. The van der Waals surface area contributed by atoms with Crippen molar-refractivity contribution in [3.05, 3.63) is 26.6 Å². The second kappa shape index (κ2) is 4.61. The molecule has 0 aromatic carbocycles. The zero-order valence-electron chi connectivity index (χ0n) is 6.97. The van der Waals surface area contributed by atoms with E-state index in [1.54, 1.807) is 22.6 Å². The van der Waals surface area contributed by atoms with Crippen molar-refractivity contribution in [1.29, 1.82) is 5.26 Å². The zero-order valence-corrected chi connectivity index (χ0v) is 9.12. The molecule has 0 spiro atoms. The number of nitrogens with zero attached hydrogens (tertiary/aromatic N) is 2. The molecule has 74 valence electrons. The van der Waals surface area contributed by atoms with Gasteiger partial charge in [-0.05, 0) is 28.7 Å². The Morgan fingerprint density at radius 3 is 2.71 bits per heavy atom. The Labute approximate surface area is 93.1 Å². The molecule has 0 atom stereocenters. The van der Waals surface area contributed by atoms with Crippen LogP contribution in [0.25, 0.3) is 0 Å². The van der Waals surface area contributed by atoms with Gasteiger partial charge in [0.2, 0.25) is 0 Å². The Morgan fingerprint density at radius 1 is 1.64 bits per heavy atom. The Hall–Kier alpha value is -0.810. The van der Waals surface area contributed by atoms with Gasteiger partial charge >= 0.3 is 0 Å². The lowest BCUT2D eigenvalue weighted by atomic mass is 10.2. The summed E-state index contributed by atoms with van der Waals surface area (Å²) in [6, 6.07) is 3.23. The number of halogens is 3. The quantitative estimate of drug-likeness (QED) is 0.849. The molecule has 0 fully saturated rings. The van der Waals surface area contributed by atoms with E-state index < -0.39 is 6.43 Å². The summed E-state index contributed by atoms with van der Waals surface area (Å²) in [6.07, 6.45) is -2.64. The molecule has 1 aromatic rings. The number of hydrogen-bond acceptors (Lipinski definition) is 3. The number of aromatic nitrogens is 1. The summed E-state index contributed by atoms with van der Waals surface area (Å²) < 4.78 is 25.1. The van der Waals surface area contributed by atoms with Crippen LogP contribution in [-0.4, -0.2) is 4.98 Å². The number of pyridine rings is 1. The molecule has 1 heterocycles. The molecule has 0 unspecified atom stereocenters. The smallest absolute Gasteiger partial charge is 0.281 e. The van der Waals surface area contributed by atoms with Crippen LogP contribution in [0.1, 0.15) is 23.4 Å². The van der Waals surface area contributed by atoms with E-state index in [0.29, 0.717) is 0 Å². The lowest BCUT2D eigenvalue weighted by Crippen LogP contribution is -2.07. The molecule has 0 amide bonds. The molecule has 2 N–H and O–H groups in total. The van der Waals surface area contributed by atoms with Gasteiger partial charge in [0, 0.05) is 10.1 Å². The average molecular weight is 309 g/mol. The molecule has 14 heavy (non-hydrogen) atoms. The minimum absolute atomic E-state index is 0.0144.